The minimum absolute atomic E-state index is 0.0572. The van der Waals surface area contributed by atoms with Crippen LogP contribution in [0.25, 0.3) is 6.08 Å². The van der Waals surface area contributed by atoms with Gasteiger partial charge in [-0.1, -0.05) is 19.1 Å². The molecule has 1 aliphatic carbocycles. The summed E-state index contributed by atoms with van der Waals surface area (Å²) in [6.07, 6.45) is 8.07. The summed E-state index contributed by atoms with van der Waals surface area (Å²) in [5.41, 5.74) is 2.46. The van der Waals surface area contributed by atoms with Gasteiger partial charge in [-0.25, -0.2) is 5.01 Å². The van der Waals surface area contributed by atoms with Crippen molar-refractivity contribution in [3.8, 4) is 0 Å². The molecule has 2 fully saturated rings. The van der Waals surface area contributed by atoms with Gasteiger partial charge in [-0.05, 0) is 79.1 Å². The van der Waals surface area contributed by atoms with E-state index in [2.05, 4.69) is 52.9 Å². The normalized spacial score (nSPS) is 28.6. The molecule has 3 atom stereocenters. The number of hydrazone groups is 1. The summed E-state index contributed by atoms with van der Waals surface area (Å²) in [6, 6.07) is 8.58. The molecule has 4 nitrogen and oxygen atoms in total. The number of carbonyl (C=O) groups is 1. The largest absolute Gasteiger partial charge is 0.294 e. The molecular formula is C24H29N3OS2. The van der Waals surface area contributed by atoms with Crippen molar-refractivity contribution in [1.29, 1.82) is 0 Å². The second-order valence-corrected chi connectivity index (χ2v) is 10.8. The highest BCUT2D eigenvalue weighted by molar-refractivity contribution is 7.11. The van der Waals surface area contributed by atoms with Gasteiger partial charge < -0.3 is 0 Å². The van der Waals surface area contributed by atoms with E-state index in [1.807, 2.05) is 5.01 Å². The molecule has 2 aromatic heterocycles. The van der Waals surface area contributed by atoms with E-state index in [9.17, 15) is 4.79 Å². The lowest BCUT2D eigenvalue weighted by Gasteiger charge is -2.33. The topological polar surface area (TPSA) is 35.9 Å². The lowest BCUT2D eigenvalue weighted by Crippen LogP contribution is -2.43. The minimum atomic E-state index is 0.0572. The number of hydrogen-bond donors (Lipinski definition) is 0. The van der Waals surface area contributed by atoms with Gasteiger partial charge in [-0.2, -0.15) is 5.10 Å². The number of likely N-dealkylation sites (tertiary alicyclic amines) is 1. The van der Waals surface area contributed by atoms with Crippen LogP contribution in [0.2, 0.25) is 0 Å². The summed E-state index contributed by atoms with van der Waals surface area (Å²) in [7, 11) is 0. The summed E-state index contributed by atoms with van der Waals surface area (Å²) >= 11 is 3.52. The maximum Gasteiger partial charge on any atom is 0.257 e. The van der Waals surface area contributed by atoms with E-state index < -0.39 is 0 Å². The first kappa shape index (κ1) is 20.2. The quantitative estimate of drug-likeness (QED) is 0.616. The van der Waals surface area contributed by atoms with E-state index in [-0.39, 0.29) is 11.9 Å². The average Bonchev–Trinajstić information content (AvgIpc) is 3.48. The van der Waals surface area contributed by atoms with Gasteiger partial charge in [0.05, 0.1) is 18.3 Å². The lowest BCUT2D eigenvalue weighted by atomic mass is 9.79. The van der Waals surface area contributed by atoms with Gasteiger partial charge in [-0.15, -0.1) is 22.7 Å². The van der Waals surface area contributed by atoms with E-state index in [1.54, 1.807) is 22.7 Å². The number of allylic oxidation sites excluding steroid dienone is 1. The molecule has 0 radical (unpaired) electrons. The van der Waals surface area contributed by atoms with Gasteiger partial charge in [-0.3, -0.25) is 9.69 Å². The van der Waals surface area contributed by atoms with Crippen LogP contribution in [0.15, 0.2) is 45.7 Å². The third-order valence-corrected chi connectivity index (χ3v) is 8.31. The molecule has 0 N–H and O–H groups in total. The Labute approximate surface area is 186 Å². The molecule has 1 amide bonds. The summed E-state index contributed by atoms with van der Waals surface area (Å²) in [5.74, 6) is 1.14. The first-order valence-electron chi connectivity index (χ1n) is 11.1. The first-order valence-corrected chi connectivity index (χ1v) is 12.9. The van der Waals surface area contributed by atoms with Crippen LogP contribution in [0.1, 0.15) is 54.8 Å². The summed E-state index contributed by atoms with van der Waals surface area (Å²) in [4.78, 5) is 18.3. The highest BCUT2D eigenvalue weighted by Crippen LogP contribution is 2.45. The second-order valence-electron chi connectivity index (χ2n) is 8.85. The summed E-state index contributed by atoms with van der Waals surface area (Å²) in [6.45, 7) is 4.82. The maximum atomic E-state index is 13.5. The van der Waals surface area contributed by atoms with Crippen molar-refractivity contribution in [2.45, 2.75) is 45.1 Å². The van der Waals surface area contributed by atoms with Crippen LogP contribution in [0, 0.1) is 11.8 Å². The van der Waals surface area contributed by atoms with Gasteiger partial charge in [0.2, 0.25) is 0 Å². The second kappa shape index (κ2) is 8.77. The van der Waals surface area contributed by atoms with Crippen molar-refractivity contribution < 1.29 is 4.79 Å². The van der Waals surface area contributed by atoms with Crippen LogP contribution in [0.4, 0.5) is 0 Å². The molecule has 5 rings (SSSR count). The highest BCUT2D eigenvalue weighted by atomic mass is 32.1. The Kier molecular flexibility index (Phi) is 5.89. The van der Waals surface area contributed by atoms with Gasteiger partial charge >= 0.3 is 0 Å². The molecule has 3 aliphatic rings. The van der Waals surface area contributed by atoms with E-state index in [1.165, 1.54) is 28.2 Å². The van der Waals surface area contributed by atoms with Crippen LogP contribution in [-0.2, 0) is 4.79 Å². The standard InChI is InChI=1S/C24H29N3OS2/c1-17-6-3-11-26(15-17)16-22(28)27-24(21-10-5-13-30-21)20-9-2-7-18(23(20)25-27)14-19-8-4-12-29-19/h4-5,8,10,12-14,17,20,24H,2-3,6-7,9,11,15-16H2,1H3/b18-14+/t17-,20-,24+/m1/s1. The van der Waals surface area contributed by atoms with Gasteiger partial charge in [0.1, 0.15) is 0 Å². The molecule has 2 aromatic rings. The Hall–Kier alpha value is -1.76. The summed E-state index contributed by atoms with van der Waals surface area (Å²) < 4.78 is 0. The molecule has 1 saturated carbocycles. The Morgan fingerprint density at radius 1 is 1.20 bits per heavy atom. The molecule has 4 heterocycles. The van der Waals surface area contributed by atoms with E-state index in [0.717, 1.165) is 38.1 Å². The number of hydrogen-bond acceptors (Lipinski definition) is 5. The van der Waals surface area contributed by atoms with Crippen molar-refractivity contribution >= 4 is 40.4 Å². The zero-order valence-corrected chi connectivity index (χ0v) is 19.1. The fourth-order valence-electron chi connectivity index (χ4n) is 5.18. The third-order valence-electron chi connectivity index (χ3n) is 6.55. The fraction of sp³-hybridized carbons (Fsp3) is 0.500. The van der Waals surface area contributed by atoms with E-state index in [0.29, 0.717) is 18.4 Å². The van der Waals surface area contributed by atoms with E-state index in [4.69, 9.17) is 5.10 Å². The number of carbonyl (C=O) groups excluding carboxylic acids is 1. The number of amides is 1. The Balaban J connectivity index is 1.44. The molecule has 6 heteroatoms. The van der Waals surface area contributed by atoms with E-state index >= 15 is 0 Å². The number of thiophene rings is 2. The zero-order valence-electron chi connectivity index (χ0n) is 17.5. The van der Waals surface area contributed by atoms with Gasteiger partial charge in [0, 0.05) is 22.2 Å². The third kappa shape index (κ3) is 4.05. The highest BCUT2D eigenvalue weighted by Gasteiger charge is 2.44. The predicted molar refractivity (Wildman–Crippen MR) is 126 cm³/mol. The molecule has 0 spiro atoms. The first-order chi connectivity index (χ1) is 14.7. The van der Waals surface area contributed by atoms with Crippen LogP contribution < -0.4 is 0 Å². The summed E-state index contributed by atoms with van der Waals surface area (Å²) in [5, 5.41) is 11.1. The van der Waals surface area contributed by atoms with Crippen LogP contribution >= 0.6 is 22.7 Å². The number of nitrogens with zero attached hydrogens (tertiary/aromatic N) is 3. The molecule has 1 saturated heterocycles. The molecule has 0 bridgehead atoms. The van der Waals surface area contributed by atoms with Crippen LogP contribution in [-0.4, -0.2) is 41.2 Å². The fourth-order valence-corrected chi connectivity index (χ4v) is 6.74. The number of piperidine rings is 1. The van der Waals surface area contributed by atoms with Gasteiger partial charge in [0.15, 0.2) is 0 Å². The number of rotatable bonds is 4. The molecule has 158 valence electrons. The molecule has 30 heavy (non-hydrogen) atoms. The smallest absolute Gasteiger partial charge is 0.257 e. The zero-order chi connectivity index (χ0) is 20.5. The minimum Gasteiger partial charge on any atom is -0.294 e. The predicted octanol–water partition coefficient (Wildman–Crippen LogP) is 5.66. The lowest BCUT2D eigenvalue weighted by molar-refractivity contribution is -0.135. The van der Waals surface area contributed by atoms with Crippen LogP contribution in [0.5, 0.6) is 0 Å². The van der Waals surface area contributed by atoms with Crippen molar-refractivity contribution in [2.75, 3.05) is 19.6 Å². The van der Waals surface area contributed by atoms with Crippen molar-refractivity contribution in [1.82, 2.24) is 9.91 Å². The number of fused-ring (bicyclic) bond motifs is 1. The van der Waals surface area contributed by atoms with Crippen molar-refractivity contribution in [2.24, 2.45) is 16.9 Å². The Bertz CT molecular complexity index is 932. The van der Waals surface area contributed by atoms with Crippen molar-refractivity contribution in [3.05, 3.63) is 50.4 Å². The molecule has 0 unspecified atom stereocenters. The average molecular weight is 440 g/mol. The maximum absolute atomic E-state index is 13.5. The Morgan fingerprint density at radius 2 is 2.07 bits per heavy atom. The van der Waals surface area contributed by atoms with Crippen LogP contribution in [0.3, 0.4) is 0 Å². The molecular weight excluding hydrogens is 410 g/mol. The molecule has 2 aliphatic heterocycles. The van der Waals surface area contributed by atoms with Crippen molar-refractivity contribution in [3.63, 3.8) is 0 Å². The monoisotopic (exact) mass is 439 g/mol. The Morgan fingerprint density at radius 3 is 2.83 bits per heavy atom. The SMILES string of the molecule is C[C@@H]1CCCN(CC(=O)N2N=C3/C(=C/c4cccs4)CCC[C@H]3[C@H]2c2cccs2)C1. The molecule has 0 aromatic carbocycles. The van der Waals surface area contributed by atoms with Gasteiger partial charge in [0.25, 0.3) is 5.91 Å².